The van der Waals surface area contributed by atoms with Gasteiger partial charge in [-0.1, -0.05) is 12.1 Å². The topological polar surface area (TPSA) is 113 Å². The lowest BCUT2D eigenvalue weighted by Gasteiger charge is -2.09. The molecule has 0 aliphatic rings. The molecule has 0 bridgehead atoms. The fourth-order valence-electron chi connectivity index (χ4n) is 2.08. The van der Waals surface area contributed by atoms with E-state index in [1.807, 2.05) is 0 Å². The molecule has 136 valence electrons. The molecule has 0 unspecified atom stereocenters. The Labute approximate surface area is 148 Å². The molecule has 0 fully saturated rings. The number of benzene rings is 2. The summed E-state index contributed by atoms with van der Waals surface area (Å²) in [6.07, 6.45) is 0.607. The Bertz CT molecular complexity index is 796. The average Bonchev–Trinajstić information content (AvgIpc) is 2.64. The van der Waals surface area contributed by atoms with Crippen LogP contribution in [0.1, 0.15) is 23.2 Å². The number of nitro benzene ring substituents is 1. The number of carbonyl (C=O) groups excluding carboxylic acids is 2. The van der Waals surface area contributed by atoms with Gasteiger partial charge in [-0.3, -0.25) is 30.6 Å². The second-order valence-electron chi connectivity index (χ2n) is 5.32. The predicted octanol–water partition coefficient (Wildman–Crippen LogP) is 2.39. The van der Waals surface area contributed by atoms with Crippen molar-refractivity contribution in [2.24, 2.45) is 0 Å². The predicted molar refractivity (Wildman–Crippen MR) is 92.8 cm³/mol. The van der Waals surface area contributed by atoms with Gasteiger partial charge in [0.2, 0.25) is 5.91 Å². The van der Waals surface area contributed by atoms with Crippen molar-refractivity contribution in [1.82, 2.24) is 10.9 Å². The highest BCUT2D eigenvalue weighted by atomic mass is 19.1. The molecule has 0 aliphatic heterocycles. The summed E-state index contributed by atoms with van der Waals surface area (Å²) in [6, 6.07) is 11.4. The van der Waals surface area contributed by atoms with Gasteiger partial charge in [-0.25, -0.2) is 4.39 Å². The van der Waals surface area contributed by atoms with Gasteiger partial charge in [-0.2, -0.15) is 0 Å². The number of nitrogens with one attached hydrogen (secondary N) is 3. The number of rotatable bonds is 7. The first-order valence-electron chi connectivity index (χ1n) is 7.79. The Morgan fingerprint density at radius 3 is 2.38 bits per heavy atom. The van der Waals surface area contributed by atoms with E-state index in [9.17, 15) is 24.1 Å². The largest absolute Gasteiger partial charge is 0.385 e. The van der Waals surface area contributed by atoms with E-state index >= 15 is 0 Å². The van der Waals surface area contributed by atoms with Gasteiger partial charge >= 0.3 is 0 Å². The minimum Gasteiger partial charge on any atom is -0.385 e. The Kier molecular flexibility index (Phi) is 6.60. The van der Waals surface area contributed by atoms with Gasteiger partial charge in [-0.15, -0.1) is 0 Å². The van der Waals surface area contributed by atoms with Crippen molar-refractivity contribution in [2.45, 2.75) is 12.8 Å². The normalized spacial score (nSPS) is 10.0. The number of anilines is 1. The molecule has 0 aliphatic carbocycles. The van der Waals surface area contributed by atoms with Crippen LogP contribution < -0.4 is 16.2 Å². The van der Waals surface area contributed by atoms with Crippen LogP contribution >= 0.6 is 0 Å². The maximum absolute atomic E-state index is 13.4. The molecule has 2 aromatic rings. The average molecular weight is 360 g/mol. The lowest BCUT2D eigenvalue weighted by molar-refractivity contribution is -0.384. The lowest BCUT2D eigenvalue weighted by atomic mass is 10.2. The van der Waals surface area contributed by atoms with E-state index in [-0.39, 0.29) is 17.7 Å². The number of nitrogens with zero attached hydrogens (tertiary/aromatic N) is 1. The van der Waals surface area contributed by atoms with Gasteiger partial charge in [-0.05, 0) is 30.7 Å². The monoisotopic (exact) mass is 360 g/mol. The van der Waals surface area contributed by atoms with Gasteiger partial charge in [0, 0.05) is 30.8 Å². The number of nitro groups is 1. The van der Waals surface area contributed by atoms with E-state index in [2.05, 4.69) is 16.2 Å². The van der Waals surface area contributed by atoms with E-state index < -0.39 is 22.6 Å². The van der Waals surface area contributed by atoms with E-state index in [0.29, 0.717) is 18.7 Å². The van der Waals surface area contributed by atoms with Crippen LogP contribution in [0.4, 0.5) is 15.8 Å². The molecule has 0 radical (unpaired) electrons. The van der Waals surface area contributed by atoms with Crippen LogP contribution in [0.15, 0.2) is 48.5 Å². The molecule has 0 atom stereocenters. The zero-order valence-electron chi connectivity index (χ0n) is 13.7. The summed E-state index contributed by atoms with van der Waals surface area (Å²) in [5.41, 5.74) is 4.91. The third-order valence-corrected chi connectivity index (χ3v) is 3.42. The van der Waals surface area contributed by atoms with Crippen molar-refractivity contribution < 1.29 is 18.9 Å². The smallest absolute Gasteiger partial charge is 0.272 e. The van der Waals surface area contributed by atoms with Crippen LogP contribution in [-0.4, -0.2) is 23.3 Å². The first kappa shape index (κ1) is 18.8. The molecule has 26 heavy (non-hydrogen) atoms. The van der Waals surface area contributed by atoms with Crippen LogP contribution in [0.25, 0.3) is 0 Å². The molecule has 0 aromatic heterocycles. The zero-order valence-corrected chi connectivity index (χ0v) is 13.7. The maximum atomic E-state index is 13.4. The number of hydrogen-bond acceptors (Lipinski definition) is 5. The molecule has 0 heterocycles. The summed E-state index contributed by atoms with van der Waals surface area (Å²) in [6.45, 7) is 0.465. The van der Waals surface area contributed by atoms with Crippen molar-refractivity contribution in [3.05, 3.63) is 70.0 Å². The molecule has 2 aromatic carbocycles. The number of hydrogen-bond donors (Lipinski definition) is 3. The van der Waals surface area contributed by atoms with Crippen molar-refractivity contribution in [3.8, 4) is 0 Å². The second kappa shape index (κ2) is 9.11. The number of amides is 2. The SMILES string of the molecule is O=C(CCCNc1ccc([N+](=O)[O-])cc1)NNC(=O)c1ccccc1F. The molecule has 9 heteroatoms. The Morgan fingerprint density at radius 2 is 1.73 bits per heavy atom. The van der Waals surface area contributed by atoms with Crippen LogP contribution in [0.3, 0.4) is 0 Å². The molecule has 3 N–H and O–H groups in total. The van der Waals surface area contributed by atoms with Gasteiger partial charge in [0.05, 0.1) is 10.5 Å². The highest BCUT2D eigenvalue weighted by molar-refractivity contribution is 5.95. The molecule has 0 saturated heterocycles. The Morgan fingerprint density at radius 1 is 1.04 bits per heavy atom. The molecule has 0 saturated carbocycles. The van der Waals surface area contributed by atoms with Gasteiger partial charge in [0.15, 0.2) is 0 Å². The van der Waals surface area contributed by atoms with Crippen molar-refractivity contribution >= 4 is 23.2 Å². The van der Waals surface area contributed by atoms with E-state index in [0.717, 1.165) is 6.07 Å². The fraction of sp³-hybridized carbons (Fsp3) is 0.176. The van der Waals surface area contributed by atoms with E-state index in [4.69, 9.17) is 0 Å². The highest BCUT2D eigenvalue weighted by Crippen LogP contribution is 2.15. The molecule has 2 amide bonds. The third kappa shape index (κ3) is 5.55. The van der Waals surface area contributed by atoms with Gasteiger partial charge in [0.1, 0.15) is 5.82 Å². The lowest BCUT2D eigenvalue weighted by Crippen LogP contribution is -2.41. The third-order valence-electron chi connectivity index (χ3n) is 3.42. The summed E-state index contributed by atoms with van der Waals surface area (Å²) in [4.78, 5) is 33.5. The quantitative estimate of drug-likeness (QED) is 0.399. The second-order valence-corrected chi connectivity index (χ2v) is 5.32. The number of halogens is 1. The molecule has 0 spiro atoms. The minimum atomic E-state index is -0.736. The first-order valence-corrected chi connectivity index (χ1v) is 7.79. The Balaban J connectivity index is 1.66. The number of carbonyl (C=O) groups is 2. The molecular weight excluding hydrogens is 343 g/mol. The zero-order chi connectivity index (χ0) is 18.9. The Hall–Kier alpha value is -3.49. The summed E-state index contributed by atoms with van der Waals surface area (Å²) < 4.78 is 13.4. The van der Waals surface area contributed by atoms with Gasteiger partial charge < -0.3 is 5.32 Å². The maximum Gasteiger partial charge on any atom is 0.272 e. The van der Waals surface area contributed by atoms with Crippen molar-refractivity contribution in [3.63, 3.8) is 0 Å². The fourth-order valence-corrected chi connectivity index (χ4v) is 2.08. The molecular formula is C17H17FN4O4. The van der Waals surface area contributed by atoms with Crippen LogP contribution in [0, 0.1) is 15.9 Å². The number of hydrazine groups is 1. The van der Waals surface area contributed by atoms with Crippen LogP contribution in [-0.2, 0) is 4.79 Å². The van der Waals surface area contributed by atoms with Crippen molar-refractivity contribution in [1.29, 1.82) is 0 Å². The van der Waals surface area contributed by atoms with E-state index in [1.54, 1.807) is 12.1 Å². The minimum absolute atomic E-state index is 0.000483. The highest BCUT2D eigenvalue weighted by Gasteiger charge is 2.11. The van der Waals surface area contributed by atoms with E-state index in [1.165, 1.54) is 30.3 Å². The molecule has 2 rings (SSSR count). The number of non-ortho nitro benzene ring substituents is 1. The summed E-state index contributed by atoms with van der Waals surface area (Å²) in [7, 11) is 0. The first-order chi connectivity index (χ1) is 12.5. The summed E-state index contributed by atoms with van der Waals surface area (Å²) >= 11 is 0. The van der Waals surface area contributed by atoms with Crippen LogP contribution in [0.2, 0.25) is 0 Å². The summed E-state index contributed by atoms with van der Waals surface area (Å²) in [5.74, 6) is -1.83. The standard InChI is InChI=1S/C17H17FN4O4/c18-15-5-2-1-4-14(15)17(24)21-20-16(23)6-3-11-19-12-7-9-13(10-8-12)22(25)26/h1-2,4-5,7-10,19H,3,6,11H2,(H,20,23)(H,21,24). The summed E-state index contributed by atoms with van der Waals surface area (Å²) in [5, 5.41) is 13.6. The van der Waals surface area contributed by atoms with Gasteiger partial charge in [0.25, 0.3) is 11.6 Å². The molecule has 8 nitrogen and oxygen atoms in total. The van der Waals surface area contributed by atoms with Crippen molar-refractivity contribution in [2.75, 3.05) is 11.9 Å². The van der Waals surface area contributed by atoms with Crippen LogP contribution in [0.5, 0.6) is 0 Å².